The Kier molecular flexibility index (Phi) is 4.15. The molecule has 9 nitrogen and oxygen atoms in total. The van der Waals surface area contributed by atoms with Crippen LogP contribution in [0, 0.1) is 0 Å². The Morgan fingerprint density at radius 3 is 3.04 bits per heavy atom. The normalized spacial score (nSPS) is 12.4. The van der Waals surface area contributed by atoms with E-state index in [-0.39, 0.29) is 17.3 Å². The molecule has 1 atom stereocenters. The van der Waals surface area contributed by atoms with Crippen LogP contribution in [0.1, 0.15) is 48.0 Å². The maximum absolute atomic E-state index is 12.2. The monoisotopic (exact) mass is 333 g/mol. The van der Waals surface area contributed by atoms with E-state index in [1.165, 1.54) is 23.9 Å². The average molecular weight is 333 g/mol. The number of nitrogens with zero attached hydrogens (tertiary/aromatic N) is 5. The molecule has 0 spiro atoms. The van der Waals surface area contributed by atoms with Crippen molar-refractivity contribution in [3.05, 3.63) is 33.4 Å². The third-order valence-corrected chi connectivity index (χ3v) is 4.43. The molecule has 0 saturated heterocycles. The Hall–Kier alpha value is -2.62. The zero-order valence-corrected chi connectivity index (χ0v) is 13.4. The minimum absolute atomic E-state index is 0.0925. The number of carbonyl (C=O) groups is 1. The molecule has 0 radical (unpaired) electrons. The number of H-pyrrole nitrogens is 1. The molecule has 3 aromatic rings. The molecule has 0 aliphatic heterocycles. The van der Waals surface area contributed by atoms with E-state index in [0.29, 0.717) is 5.13 Å². The Balaban J connectivity index is 1.81. The smallest absolute Gasteiger partial charge is 0.286 e. The van der Waals surface area contributed by atoms with Crippen LogP contribution in [0.2, 0.25) is 0 Å². The summed E-state index contributed by atoms with van der Waals surface area (Å²) in [6.07, 6.45) is 4.59. The second-order valence-electron chi connectivity index (χ2n) is 5.09. The number of carbonyl (C=O) groups excluding carboxylic acids is 1. The maximum Gasteiger partial charge on any atom is 0.286 e. The quantitative estimate of drug-likeness (QED) is 0.729. The van der Waals surface area contributed by atoms with Crippen LogP contribution in [-0.2, 0) is 0 Å². The van der Waals surface area contributed by atoms with Crippen molar-refractivity contribution in [2.24, 2.45) is 0 Å². The maximum atomic E-state index is 12.2. The Bertz CT molecular complexity index is 897. The predicted molar refractivity (Wildman–Crippen MR) is 84.8 cm³/mol. The number of hydrogen-bond acceptors (Lipinski definition) is 7. The van der Waals surface area contributed by atoms with Gasteiger partial charge in [-0.05, 0) is 6.42 Å². The third-order valence-electron chi connectivity index (χ3n) is 3.36. The number of aromatic nitrogens is 6. The van der Waals surface area contributed by atoms with Gasteiger partial charge in [-0.1, -0.05) is 31.6 Å². The number of aromatic amines is 1. The van der Waals surface area contributed by atoms with Crippen LogP contribution in [0.25, 0.3) is 5.78 Å². The van der Waals surface area contributed by atoms with E-state index in [1.807, 2.05) is 0 Å². The topological polar surface area (TPSA) is 118 Å². The highest BCUT2D eigenvalue weighted by molar-refractivity contribution is 7.15. The van der Waals surface area contributed by atoms with Crippen LogP contribution >= 0.6 is 11.3 Å². The van der Waals surface area contributed by atoms with Crippen molar-refractivity contribution in [3.63, 3.8) is 0 Å². The number of nitrogens with one attached hydrogen (secondary N) is 2. The first-order valence-corrected chi connectivity index (χ1v) is 7.97. The molecule has 0 fully saturated rings. The fourth-order valence-corrected chi connectivity index (χ4v) is 2.98. The SMILES string of the molecule is CCC[C@H](C)c1nnc(NC(=O)c2cnc3nc[nH]n3c2=O)s1. The van der Waals surface area contributed by atoms with Gasteiger partial charge in [-0.25, -0.2) is 9.97 Å². The van der Waals surface area contributed by atoms with Crippen molar-refractivity contribution in [2.75, 3.05) is 5.32 Å². The van der Waals surface area contributed by atoms with E-state index in [1.54, 1.807) is 0 Å². The second-order valence-corrected chi connectivity index (χ2v) is 6.10. The molecule has 0 aromatic carbocycles. The minimum Gasteiger partial charge on any atom is -0.296 e. The van der Waals surface area contributed by atoms with Crippen molar-refractivity contribution < 1.29 is 4.79 Å². The number of fused-ring (bicyclic) bond motifs is 1. The first-order valence-electron chi connectivity index (χ1n) is 7.16. The fourth-order valence-electron chi connectivity index (χ4n) is 2.16. The van der Waals surface area contributed by atoms with Gasteiger partial charge in [0.1, 0.15) is 16.9 Å². The van der Waals surface area contributed by atoms with Crippen LogP contribution in [-0.4, -0.2) is 35.7 Å². The Labute approximate surface area is 134 Å². The van der Waals surface area contributed by atoms with Gasteiger partial charge in [-0.15, -0.1) is 10.2 Å². The predicted octanol–water partition coefficient (Wildman–Crippen LogP) is 1.42. The molecule has 0 aliphatic rings. The summed E-state index contributed by atoms with van der Waals surface area (Å²) in [5.41, 5.74) is -0.612. The van der Waals surface area contributed by atoms with Crippen molar-refractivity contribution in [1.29, 1.82) is 0 Å². The van der Waals surface area contributed by atoms with E-state index in [4.69, 9.17) is 0 Å². The molecular weight excluding hydrogens is 318 g/mol. The van der Waals surface area contributed by atoms with Gasteiger partial charge in [0.15, 0.2) is 0 Å². The van der Waals surface area contributed by atoms with Crippen LogP contribution in [0.15, 0.2) is 17.3 Å². The lowest BCUT2D eigenvalue weighted by atomic mass is 10.1. The Morgan fingerprint density at radius 2 is 2.26 bits per heavy atom. The zero-order valence-electron chi connectivity index (χ0n) is 12.6. The molecule has 2 N–H and O–H groups in total. The molecule has 0 unspecified atom stereocenters. The minimum atomic E-state index is -0.572. The van der Waals surface area contributed by atoms with Crippen LogP contribution in [0.4, 0.5) is 5.13 Å². The molecule has 23 heavy (non-hydrogen) atoms. The van der Waals surface area contributed by atoms with Crippen LogP contribution < -0.4 is 10.9 Å². The lowest BCUT2D eigenvalue weighted by Gasteiger charge is -2.03. The van der Waals surface area contributed by atoms with Crippen molar-refractivity contribution in [1.82, 2.24) is 29.8 Å². The lowest BCUT2D eigenvalue weighted by Crippen LogP contribution is -2.26. The van der Waals surface area contributed by atoms with E-state index < -0.39 is 11.5 Å². The molecule has 3 rings (SSSR count). The fraction of sp³-hybridized carbons (Fsp3) is 0.385. The van der Waals surface area contributed by atoms with Crippen molar-refractivity contribution in [3.8, 4) is 0 Å². The molecular formula is C13H15N7O2S. The summed E-state index contributed by atoms with van der Waals surface area (Å²) in [4.78, 5) is 32.2. The molecule has 0 saturated carbocycles. The molecule has 1 amide bonds. The molecule has 10 heteroatoms. The van der Waals surface area contributed by atoms with Gasteiger partial charge in [0.25, 0.3) is 17.2 Å². The van der Waals surface area contributed by atoms with Crippen LogP contribution in [0.5, 0.6) is 0 Å². The highest BCUT2D eigenvalue weighted by Gasteiger charge is 2.17. The summed E-state index contributed by atoms with van der Waals surface area (Å²) in [6, 6.07) is 0. The molecule has 0 aliphatic carbocycles. The molecule has 3 heterocycles. The Morgan fingerprint density at radius 1 is 1.43 bits per heavy atom. The van der Waals surface area contributed by atoms with E-state index in [0.717, 1.165) is 22.4 Å². The molecule has 3 aromatic heterocycles. The van der Waals surface area contributed by atoms with Gasteiger partial charge < -0.3 is 0 Å². The highest BCUT2D eigenvalue weighted by Crippen LogP contribution is 2.26. The van der Waals surface area contributed by atoms with E-state index in [2.05, 4.69) is 44.4 Å². The summed E-state index contributed by atoms with van der Waals surface area (Å²) in [5, 5.41) is 14.5. The van der Waals surface area contributed by atoms with Gasteiger partial charge >= 0.3 is 0 Å². The van der Waals surface area contributed by atoms with Gasteiger partial charge in [0, 0.05) is 12.1 Å². The van der Waals surface area contributed by atoms with Gasteiger partial charge in [-0.3, -0.25) is 20.0 Å². The summed E-state index contributed by atoms with van der Waals surface area (Å²) >= 11 is 1.31. The first kappa shape index (κ1) is 15.3. The van der Waals surface area contributed by atoms with Gasteiger partial charge in [0.2, 0.25) is 5.13 Å². The number of amides is 1. The van der Waals surface area contributed by atoms with Crippen molar-refractivity contribution >= 4 is 28.2 Å². The summed E-state index contributed by atoms with van der Waals surface area (Å²) in [6.45, 7) is 4.17. The molecule has 0 bridgehead atoms. The summed E-state index contributed by atoms with van der Waals surface area (Å²) < 4.78 is 1.10. The van der Waals surface area contributed by atoms with Crippen LogP contribution in [0.3, 0.4) is 0 Å². The van der Waals surface area contributed by atoms with E-state index >= 15 is 0 Å². The average Bonchev–Trinajstić information content (AvgIpc) is 3.17. The van der Waals surface area contributed by atoms with Gasteiger partial charge in [-0.2, -0.15) is 4.52 Å². The third kappa shape index (κ3) is 2.97. The highest BCUT2D eigenvalue weighted by atomic mass is 32.1. The standard InChI is InChI=1S/C13H15N7O2S/c1-3-4-7(2)10-18-19-13(23-10)17-9(21)8-5-14-12-15-6-16-20(12)11(8)22/h5-7H,3-4H2,1-2H3,(H,14,15,16)(H,17,19,21)/t7-/m0/s1. The zero-order chi connectivity index (χ0) is 16.4. The van der Waals surface area contributed by atoms with E-state index in [9.17, 15) is 9.59 Å². The van der Waals surface area contributed by atoms with Gasteiger partial charge in [0.05, 0.1) is 0 Å². The summed E-state index contributed by atoms with van der Waals surface area (Å²) in [7, 11) is 0. The largest absolute Gasteiger partial charge is 0.296 e. The summed E-state index contributed by atoms with van der Waals surface area (Å²) in [5.74, 6) is -0.0766. The number of hydrogen-bond donors (Lipinski definition) is 2. The lowest BCUT2D eigenvalue weighted by molar-refractivity contribution is 0.102. The number of rotatable bonds is 5. The first-order chi connectivity index (χ1) is 11.1. The molecule has 120 valence electrons. The number of anilines is 1. The van der Waals surface area contributed by atoms with Crippen molar-refractivity contribution in [2.45, 2.75) is 32.6 Å². The second kappa shape index (κ2) is 6.24.